The Labute approximate surface area is 107 Å². The Morgan fingerprint density at radius 2 is 2.11 bits per heavy atom. The van der Waals surface area contributed by atoms with Gasteiger partial charge in [-0.3, -0.25) is 10.1 Å². The van der Waals surface area contributed by atoms with E-state index in [0.29, 0.717) is 11.3 Å². The summed E-state index contributed by atoms with van der Waals surface area (Å²) in [6.07, 6.45) is 0. The van der Waals surface area contributed by atoms with Crippen LogP contribution in [0.3, 0.4) is 0 Å². The summed E-state index contributed by atoms with van der Waals surface area (Å²) in [7, 11) is 1.53. The van der Waals surface area contributed by atoms with Crippen LogP contribution >= 0.6 is 0 Å². The summed E-state index contributed by atoms with van der Waals surface area (Å²) in [5, 5.41) is 13.0. The van der Waals surface area contributed by atoms with Crippen LogP contribution in [0.25, 0.3) is 0 Å². The fourth-order valence-corrected chi connectivity index (χ4v) is 1.71. The van der Waals surface area contributed by atoms with Gasteiger partial charge in [0.1, 0.15) is 11.5 Å². The van der Waals surface area contributed by atoms with Crippen LogP contribution in [0.1, 0.15) is 32.4 Å². The standard InChI is InChI=1S/C13H20N2O3/c1-8(15-13(2,3)12(14)17)10-6-5-9(18-4)7-11(10)16/h5-8,15-16H,1-4H3,(H2,14,17). The van der Waals surface area contributed by atoms with E-state index in [1.54, 1.807) is 26.0 Å². The Bertz CT molecular complexity index is 444. The molecule has 1 aromatic rings. The molecule has 0 saturated heterocycles. The molecular weight excluding hydrogens is 232 g/mol. The highest BCUT2D eigenvalue weighted by atomic mass is 16.5. The molecule has 0 bridgehead atoms. The molecule has 5 heteroatoms. The van der Waals surface area contributed by atoms with Crippen molar-refractivity contribution in [1.29, 1.82) is 0 Å². The van der Waals surface area contributed by atoms with Gasteiger partial charge in [-0.25, -0.2) is 0 Å². The molecule has 0 fully saturated rings. The van der Waals surface area contributed by atoms with Gasteiger partial charge in [-0.15, -0.1) is 0 Å². The van der Waals surface area contributed by atoms with Gasteiger partial charge in [0, 0.05) is 17.7 Å². The number of primary amides is 1. The Morgan fingerprint density at radius 3 is 2.56 bits per heavy atom. The minimum atomic E-state index is -0.841. The molecule has 0 saturated carbocycles. The van der Waals surface area contributed by atoms with E-state index in [1.165, 1.54) is 13.2 Å². The van der Waals surface area contributed by atoms with Crippen LogP contribution < -0.4 is 15.8 Å². The number of hydrogen-bond donors (Lipinski definition) is 3. The molecule has 4 N–H and O–H groups in total. The molecule has 1 unspecified atom stereocenters. The van der Waals surface area contributed by atoms with Crippen LogP contribution in [0.15, 0.2) is 18.2 Å². The zero-order valence-electron chi connectivity index (χ0n) is 11.2. The quantitative estimate of drug-likeness (QED) is 0.737. The number of phenols is 1. The number of ether oxygens (including phenoxy) is 1. The smallest absolute Gasteiger partial charge is 0.237 e. The van der Waals surface area contributed by atoms with E-state index in [1.807, 2.05) is 6.92 Å². The molecule has 0 aliphatic rings. The van der Waals surface area contributed by atoms with Crippen LogP contribution in [0.5, 0.6) is 11.5 Å². The van der Waals surface area contributed by atoms with E-state index in [0.717, 1.165) is 0 Å². The van der Waals surface area contributed by atoms with Gasteiger partial charge in [-0.05, 0) is 26.8 Å². The molecule has 0 aromatic heterocycles. The van der Waals surface area contributed by atoms with E-state index >= 15 is 0 Å². The van der Waals surface area contributed by atoms with Gasteiger partial charge in [-0.1, -0.05) is 6.07 Å². The normalized spacial score (nSPS) is 13.1. The molecule has 0 spiro atoms. The highest BCUT2D eigenvalue weighted by Gasteiger charge is 2.27. The highest BCUT2D eigenvalue weighted by molar-refractivity contribution is 5.83. The SMILES string of the molecule is COc1ccc(C(C)NC(C)(C)C(N)=O)c(O)c1. The molecule has 1 rings (SSSR count). The maximum atomic E-state index is 11.3. The number of carbonyl (C=O) groups excluding carboxylic acids is 1. The second kappa shape index (κ2) is 5.27. The van der Waals surface area contributed by atoms with Gasteiger partial charge in [0.05, 0.1) is 12.6 Å². The van der Waals surface area contributed by atoms with E-state index in [2.05, 4.69) is 5.32 Å². The van der Waals surface area contributed by atoms with Crippen LogP contribution in [-0.2, 0) is 4.79 Å². The Balaban J connectivity index is 2.91. The Hall–Kier alpha value is -1.75. The Morgan fingerprint density at radius 1 is 1.50 bits per heavy atom. The zero-order valence-corrected chi connectivity index (χ0v) is 11.2. The number of nitrogens with two attached hydrogens (primary N) is 1. The minimum absolute atomic E-state index is 0.120. The lowest BCUT2D eigenvalue weighted by atomic mass is 10.00. The van der Waals surface area contributed by atoms with Gasteiger partial charge in [0.15, 0.2) is 0 Å². The molecule has 1 atom stereocenters. The molecule has 0 radical (unpaired) electrons. The van der Waals surface area contributed by atoms with Crippen molar-refractivity contribution in [3.05, 3.63) is 23.8 Å². The predicted molar refractivity (Wildman–Crippen MR) is 69.5 cm³/mol. The summed E-state index contributed by atoms with van der Waals surface area (Å²) in [5.74, 6) is 0.259. The number of carbonyl (C=O) groups is 1. The maximum Gasteiger partial charge on any atom is 0.237 e. The van der Waals surface area contributed by atoms with Crippen LogP contribution in [0.4, 0.5) is 0 Å². The third-order valence-corrected chi connectivity index (χ3v) is 2.90. The van der Waals surface area contributed by atoms with Crippen molar-refractivity contribution in [2.75, 3.05) is 7.11 Å². The monoisotopic (exact) mass is 252 g/mol. The molecule has 5 nitrogen and oxygen atoms in total. The lowest BCUT2D eigenvalue weighted by Crippen LogP contribution is -2.51. The van der Waals surface area contributed by atoms with Gasteiger partial charge in [0.25, 0.3) is 0 Å². The van der Waals surface area contributed by atoms with Crippen molar-refractivity contribution in [2.45, 2.75) is 32.4 Å². The Kier molecular flexibility index (Phi) is 4.19. The van der Waals surface area contributed by atoms with Crippen molar-refractivity contribution in [2.24, 2.45) is 5.73 Å². The third-order valence-electron chi connectivity index (χ3n) is 2.90. The summed E-state index contributed by atoms with van der Waals surface area (Å²) in [6.45, 7) is 5.25. The zero-order chi connectivity index (χ0) is 13.9. The number of aromatic hydroxyl groups is 1. The lowest BCUT2D eigenvalue weighted by Gasteiger charge is -2.27. The molecule has 18 heavy (non-hydrogen) atoms. The predicted octanol–water partition coefficient (Wildman–Crippen LogP) is 1.32. The molecule has 1 aromatic carbocycles. The fraction of sp³-hybridized carbons (Fsp3) is 0.462. The van der Waals surface area contributed by atoms with Crippen molar-refractivity contribution in [3.63, 3.8) is 0 Å². The number of amides is 1. The number of nitrogens with one attached hydrogen (secondary N) is 1. The molecule has 100 valence electrons. The first kappa shape index (κ1) is 14.3. The molecule has 0 heterocycles. The fourth-order valence-electron chi connectivity index (χ4n) is 1.71. The van der Waals surface area contributed by atoms with Gasteiger partial charge in [-0.2, -0.15) is 0 Å². The third kappa shape index (κ3) is 3.13. The minimum Gasteiger partial charge on any atom is -0.507 e. The van der Waals surface area contributed by atoms with Gasteiger partial charge in [0.2, 0.25) is 5.91 Å². The summed E-state index contributed by atoms with van der Waals surface area (Å²) in [4.78, 5) is 11.3. The number of hydrogen-bond acceptors (Lipinski definition) is 4. The number of rotatable bonds is 5. The van der Waals surface area contributed by atoms with E-state index < -0.39 is 11.4 Å². The summed E-state index contributed by atoms with van der Waals surface area (Å²) in [6, 6.07) is 4.83. The summed E-state index contributed by atoms with van der Waals surface area (Å²) < 4.78 is 5.01. The summed E-state index contributed by atoms with van der Waals surface area (Å²) >= 11 is 0. The molecule has 0 aliphatic carbocycles. The van der Waals surface area contributed by atoms with Crippen LogP contribution in [0, 0.1) is 0 Å². The first-order valence-corrected chi connectivity index (χ1v) is 5.72. The van der Waals surface area contributed by atoms with Crippen molar-refractivity contribution in [3.8, 4) is 11.5 Å². The van der Waals surface area contributed by atoms with Crippen molar-refractivity contribution >= 4 is 5.91 Å². The lowest BCUT2D eigenvalue weighted by molar-refractivity contribution is -0.123. The first-order valence-electron chi connectivity index (χ1n) is 5.72. The second-order valence-electron chi connectivity index (χ2n) is 4.78. The van der Waals surface area contributed by atoms with Crippen molar-refractivity contribution in [1.82, 2.24) is 5.32 Å². The van der Waals surface area contributed by atoms with Gasteiger partial charge < -0.3 is 15.6 Å². The average Bonchev–Trinajstić information content (AvgIpc) is 2.27. The molecular formula is C13H20N2O3. The largest absolute Gasteiger partial charge is 0.507 e. The number of phenolic OH excluding ortho intramolecular Hbond substituents is 1. The van der Waals surface area contributed by atoms with Gasteiger partial charge >= 0.3 is 0 Å². The van der Waals surface area contributed by atoms with E-state index in [-0.39, 0.29) is 11.8 Å². The summed E-state index contributed by atoms with van der Waals surface area (Å²) in [5.41, 5.74) is 5.14. The molecule has 1 amide bonds. The number of benzene rings is 1. The first-order chi connectivity index (χ1) is 8.27. The van der Waals surface area contributed by atoms with Crippen molar-refractivity contribution < 1.29 is 14.6 Å². The second-order valence-corrected chi connectivity index (χ2v) is 4.78. The maximum absolute atomic E-state index is 11.3. The highest BCUT2D eigenvalue weighted by Crippen LogP contribution is 2.29. The number of methoxy groups -OCH3 is 1. The van der Waals surface area contributed by atoms with E-state index in [9.17, 15) is 9.90 Å². The van der Waals surface area contributed by atoms with Crippen LogP contribution in [-0.4, -0.2) is 23.7 Å². The van der Waals surface area contributed by atoms with Crippen LogP contribution in [0.2, 0.25) is 0 Å². The van der Waals surface area contributed by atoms with E-state index in [4.69, 9.17) is 10.5 Å². The topological polar surface area (TPSA) is 84.6 Å². The molecule has 0 aliphatic heterocycles. The average molecular weight is 252 g/mol.